The number of carboxylic acids is 1. The molecule has 1 fully saturated rings. The van der Waals surface area contributed by atoms with Gasteiger partial charge in [0.05, 0.1) is 11.1 Å². The summed E-state index contributed by atoms with van der Waals surface area (Å²) < 4.78 is 17.0. The minimum Gasteiger partial charge on any atom is -0.490 e. The minimum absolute atomic E-state index is 0.0192. The van der Waals surface area contributed by atoms with Gasteiger partial charge in [-0.3, -0.25) is 4.79 Å². The summed E-state index contributed by atoms with van der Waals surface area (Å²) in [5.74, 6) is 1.01. The van der Waals surface area contributed by atoms with Crippen molar-refractivity contribution in [2.45, 2.75) is 50.9 Å². The highest BCUT2D eigenvalue weighted by molar-refractivity contribution is 6.32. The van der Waals surface area contributed by atoms with E-state index < -0.39 is 11.5 Å². The van der Waals surface area contributed by atoms with E-state index in [0.29, 0.717) is 46.6 Å². The van der Waals surface area contributed by atoms with Gasteiger partial charge in [-0.25, -0.2) is 0 Å². The molecule has 168 valence electrons. The quantitative estimate of drug-likeness (QED) is 0.529. The third kappa shape index (κ3) is 4.71. The highest BCUT2D eigenvalue weighted by Crippen LogP contribution is 2.33. The summed E-state index contributed by atoms with van der Waals surface area (Å²) >= 11 is 6.30. The molecular weight excluding hydrogens is 434 g/mol. The Labute approximate surface area is 190 Å². The lowest BCUT2D eigenvalue weighted by Gasteiger charge is -2.18. The minimum atomic E-state index is -1.22. The van der Waals surface area contributed by atoms with Crippen LogP contribution >= 0.6 is 11.6 Å². The van der Waals surface area contributed by atoms with Crippen molar-refractivity contribution in [3.05, 3.63) is 47.5 Å². The van der Waals surface area contributed by atoms with Crippen LogP contribution in [0, 0.1) is 0 Å². The Morgan fingerprint density at radius 2 is 1.97 bits per heavy atom. The molecule has 0 spiro atoms. The Morgan fingerprint density at radius 1 is 1.25 bits per heavy atom. The summed E-state index contributed by atoms with van der Waals surface area (Å²) in [6, 6.07) is 12.5. The summed E-state index contributed by atoms with van der Waals surface area (Å²) in [6.07, 6.45) is 1.06. The second-order valence-electron chi connectivity index (χ2n) is 8.20. The summed E-state index contributed by atoms with van der Waals surface area (Å²) in [7, 11) is 0. The summed E-state index contributed by atoms with van der Waals surface area (Å²) in [6.45, 7) is 3.86. The molecule has 1 heterocycles. The number of benzene rings is 2. The summed E-state index contributed by atoms with van der Waals surface area (Å²) in [4.78, 5) is 15.7. The average molecular weight is 458 g/mol. The van der Waals surface area contributed by atoms with Gasteiger partial charge >= 0.3 is 5.97 Å². The zero-order valence-electron chi connectivity index (χ0n) is 17.7. The fourth-order valence-corrected chi connectivity index (χ4v) is 3.86. The molecule has 8 nitrogen and oxygen atoms in total. The molecule has 0 bridgehead atoms. The third-order valence-electron chi connectivity index (χ3n) is 5.31. The molecule has 9 heteroatoms. The molecule has 3 aromatic rings. The fourth-order valence-electron chi connectivity index (χ4n) is 3.64. The van der Waals surface area contributed by atoms with Crippen LogP contribution in [-0.2, 0) is 4.79 Å². The van der Waals surface area contributed by atoms with Crippen molar-refractivity contribution in [1.29, 1.82) is 0 Å². The number of halogens is 1. The maximum absolute atomic E-state index is 11.3. The number of ether oxygens (including phenoxy) is 2. The number of nitrogens with two attached hydrogens (primary N) is 1. The largest absolute Gasteiger partial charge is 0.490 e. The van der Waals surface area contributed by atoms with E-state index in [2.05, 4.69) is 10.1 Å². The van der Waals surface area contributed by atoms with E-state index in [4.69, 9.17) is 31.3 Å². The highest BCUT2D eigenvalue weighted by atomic mass is 35.5. The van der Waals surface area contributed by atoms with Crippen molar-refractivity contribution >= 4 is 17.6 Å². The first-order chi connectivity index (χ1) is 15.2. The Balaban J connectivity index is 1.44. The molecule has 1 saturated carbocycles. The number of hydrogen-bond donors (Lipinski definition) is 2. The smallest absolute Gasteiger partial charge is 0.323 e. The maximum Gasteiger partial charge on any atom is 0.323 e. The topological polar surface area (TPSA) is 121 Å². The van der Waals surface area contributed by atoms with Gasteiger partial charge in [0.25, 0.3) is 5.89 Å². The number of aliphatic carboxylic acids is 1. The molecule has 1 aliphatic rings. The van der Waals surface area contributed by atoms with Crippen LogP contribution in [-0.4, -0.2) is 39.0 Å². The molecule has 0 radical (unpaired) electrons. The number of nitrogens with zero attached hydrogens (tertiary/aromatic N) is 2. The first kappa shape index (κ1) is 22.1. The first-order valence-electron chi connectivity index (χ1n) is 10.3. The van der Waals surface area contributed by atoms with Crippen LogP contribution in [0.25, 0.3) is 22.8 Å². The van der Waals surface area contributed by atoms with E-state index in [1.807, 2.05) is 19.9 Å². The Morgan fingerprint density at radius 3 is 2.59 bits per heavy atom. The van der Waals surface area contributed by atoms with E-state index in [9.17, 15) is 9.90 Å². The first-order valence-corrected chi connectivity index (χ1v) is 10.7. The number of hydrogen-bond acceptors (Lipinski definition) is 7. The normalized spacial score (nSPS) is 20.5. The summed E-state index contributed by atoms with van der Waals surface area (Å²) in [5.41, 5.74) is 6.14. The van der Waals surface area contributed by atoms with E-state index in [-0.39, 0.29) is 18.6 Å². The highest BCUT2D eigenvalue weighted by Gasteiger charge is 2.43. The van der Waals surface area contributed by atoms with Gasteiger partial charge in [-0.1, -0.05) is 16.8 Å². The van der Waals surface area contributed by atoms with Gasteiger partial charge in [-0.2, -0.15) is 4.98 Å². The van der Waals surface area contributed by atoms with Crippen LogP contribution < -0.4 is 15.2 Å². The van der Waals surface area contributed by atoms with Crippen LogP contribution in [0.3, 0.4) is 0 Å². The zero-order valence-corrected chi connectivity index (χ0v) is 18.5. The second kappa shape index (κ2) is 8.80. The van der Waals surface area contributed by atoms with Crippen LogP contribution in [0.4, 0.5) is 0 Å². The molecule has 4 rings (SSSR count). The van der Waals surface area contributed by atoms with E-state index in [1.54, 1.807) is 36.4 Å². The van der Waals surface area contributed by atoms with Gasteiger partial charge in [0.1, 0.15) is 23.1 Å². The molecule has 3 N–H and O–H groups in total. The lowest BCUT2D eigenvalue weighted by atomic mass is 10.00. The molecule has 2 aromatic carbocycles. The number of aromatic nitrogens is 2. The molecule has 0 amide bonds. The number of carbonyl (C=O) groups is 1. The lowest BCUT2D eigenvalue weighted by Crippen LogP contribution is -2.46. The van der Waals surface area contributed by atoms with Gasteiger partial charge in [0, 0.05) is 17.5 Å². The predicted molar refractivity (Wildman–Crippen MR) is 119 cm³/mol. The molecule has 2 atom stereocenters. The van der Waals surface area contributed by atoms with Crippen LogP contribution in [0.1, 0.15) is 33.1 Å². The third-order valence-corrected chi connectivity index (χ3v) is 5.61. The fraction of sp³-hybridized carbons (Fsp3) is 0.348. The van der Waals surface area contributed by atoms with Gasteiger partial charge in [-0.15, -0.1) is 0 Å². The van der Waals surface area contributed by atoms with Crippen LogP contribution in [0.2, 0.25) is 5.02 Å². The van der Waals surface area contributed by atoms with Crippen molar-refractivity contribution in [3.8, 4) is 34.3 Å². The van der Waals surface area contributed by atoms with Crippen molar-refractivity contribution in [2.75, 3.05) is 0 Å². The van der Waals surface area contributed by atoms with Gasteiger partial charge < -0.3 is 24.8 Å². The van der Waals surface area contributed by atoms with Crippen molar-refractivity contribution in [3.63, 3.8) is 0 Å². The number of carboxylic acid groups (broad SMARTS) is 1. The average Bonchev–Trinajstić information content (AvgIpc) is 3.38. The molecule has 2 unspecified atom stereocenters. The van der Waals surface area contributed by atoms with Gasteiger partial charge in [0.15, 0.2) is 0 Å². The standard InChI is InChI=1S/C23H24ClN3O5/c1-13(2)30-19-8-5-15(11-18(19)24)20-26-21(32-27-20)14-3-6-16(7-4-14)31-17-9-10-23(25,12-17)22(28)29/h3-8,11,13,17H,9-10,12,25H2,1-2H3,(H,28,29). The lowest BCUT2D eigenvalue weighted by molar-refractivity contribution is -0.143. The Bertz CT molecular complexity index is 1120. The Hall–Kier alpha value is -3.10. The zero-order chi connectivity index (χ0) is 22.9. The van der Waals surface area contributed by atoms with Crippen molar-refractivity contribution in [2.24, 2.45) is 5.73 Å². The van der Waals surface area contributed by atoms with E-state index in [1.165, 1.54) is 0 Å². The molecule has 32 heavy (non-hydrogen) atoms. The maximum atomic E-state index is 11.3. The monoisotopic (exact) mass is 457 g/mol. The molecule has 1 aliphatic carbocycles. The second-order valence-corrected chi connectivity index (χ2v) is 8.61. The van der Waals surface area contributed by atoms with Crippen LogP contribution in [0.5, 0.6) is 11.5 Å². The van der Waals surface area contributed by atoms with Gasteiger partial charge in [-0.05, 0) is 69.2 Å². The van der Waals surface area contributed by atoms with Gasteiger partial charge in [0.2, 0.25) is 5.82 Å². The van der Waals surface area contributed by atoms with E-state index >= 15 is 0 Å². The molecule has 0 saturated heterocycles. The van der Waals surface area contributed by atoms with Crippen LogP contribution in [0.15, 0.2) is 47.0 Å². The Kier molecular flexibility index (Phi) is 6.08. The van der Waals surface area contributed by atoms with E-state index in [0.717, 1.165) is 5.56 Å². The molecule has 0 aliphatic heterocycles. The molecular formula is C23H24ClN3O5. The SMILES string of the molecule is CC(C)Oc1ccc(-c2noc(-c3ccc(OC4CCC(N)(C(=O)O)C4)cc3)n2)cc1Cl. The number of rotatable bonds is 7. The molecule has 1 aromatic heterocycles. The predicted octanol–water partition coefficient (Wildman–Crippen LogP) is 4.56. The van der Waals surface area contributed by atoms with Crippen molar-refractivity contribution in [1.82, 2.24) is 10.1 Å². The summed E-state index contributed by atoms with van der Waals surface area (Å²) in [5, 5.41) is 13.8. The van der Waals surface area contributed by atoms with Crippen molar-refractivity contribution < 1.29 is 23.9 Å².